The molecular weight excluding hydrogens is 580 g/mol. The second-order valence-electron chi connectivity index (χ2n) is 12.6. The van der Waals surface area contributed by atoms with Gasteiger partial charge in [0.15, 0.2) is 0 Å². The summed E-state index contributed by atoms with van der Waals surface area (Å²) in [5, 5.41) is 21.0. The van der Waals surface area contributed by atoms with E-state index in [1.54, 1.807) is 0 Å². The molecule has 0 aromatic rings. The predicted octanol–water partition coefficient (Wildman–Crippen LogP) is 3.97. The minimum Gasteiger partial charge on any atom is -0.748 e. The maximum atomic E-state index is 11.3. The van der Waals surface area contributed by atoms with Crippen molar-refractivity contribution in [2.24, 2.45) is 0 Å². The normalized spacial score (nSPS) is 17.0. The van der Waals surface area contributed by atoms with Gasteiger partial charge in [-0.1, -0.05) is 65.2 Å². The first-order chi connectivity index (χ1) is 19.7. The van der Waals surface area contributed by atoms with Gasteiger partial charge in [0.05, 0.1) is 71.0 Å². The molecule has 0 aromatic heterocycles. The lowest BCUT2D eigenvalue weighted by Crippen LogP contribution is -2.56. The lowest BCUT2D eigenvalue weighted by molar-refractivity contribution is -0.935. The van der Waals surface area contributed by atoms with Crippen molar-refractivity contribution in [1.29, 1.82) is 0 Å². The van der Waals surface area contributed by atoms with Crippen molar-refractivity contribution >= 4 is 20.2 Å². The van der Waals surface area contributed by atoms with Crippen molar-refractivity contribution in [1.82, 2.24) is 0 Å². The Hall–Kier alpha value is -0.340. The van der Waals surface area contributed by atoms with Gasteiger partial charge in [0.2, 0.25) is 0 Å². The maximum Gasteiger partial charge on any atom is 0.116 e. The van der Waals surface area contributed by atoms with Crippen molar-refractivity contribution in [3.8, 4) is 0 Å². The Morgan fingerprint density at radius 2 is 0.762 bits per heavy atom. The summed E-state index contributed by atoms with van der Waals surface area (Å²) in [6.07, 6.45) is 12.7. The van der Waals surface area contributed by atoms with Crippen molar-refractivity contribution in [3.05, 3.63) is 0 Å². The standard InChI is InChI=1S/C30H64N2O8S2/c1-5-9-11-13-15-17-21-31(7-3,25-29(33)27-41(35,36)37)23-19-20-24-32(8-4,22-18-16-14-12-10-6-2)26-30(34)28-42(38,39)40/h29-30,33-34H,5-28H2,1-4H3. The molecule has 0 saturated carbocycles. The lowest BCUT2D eigenvalue weighted by Gasteiger charge is -2.41. The molecule has 0 heterocycles. The fraction of sp³-hybridized carbons (Fsp3) is 1.00. The molecule has 0 saturated heterocycles. The van der Waals surface area contributed by atoms with Crippen LogP contribution in [0.1, 0.15) is 118 Å². The Labute approximate surface area is 258 Å². The van der Waals surface area contributed by atoms with Gasteiger partial charge in [-0.05, 0) is 39.5 Å². The average Bonchev–Trinajstić information content (AvgIpc) is 2.88. The first kappa shape index (κ1) is 41.7. The van der Waals surface area contributed by atoms with Gasteiger partial charge < -0.3 is 28.3 Å². The molecule has 4 unspecified atom stereocenters. The summed E-state index contributed by atoms with van der Waals surface area (Å²) in [6.45, 7) is 13.4. The van der Waals surface area contributed by atoms with Crippen LogP contribution in [0, 0.1) is 0 Å². The first-order valence-electron chi connectivity index (χ1n) is 16.6. The monoisotopic (exact) mass is 644 g/mol. The molecule has 0 bridgehead atoms. The zero-order valence-electron chi connectivity index (χ0n) is 27.2. The van der Waals surface area contributed by atoms with Gasteiger partial charge in [-0.25, -0.2) is 16.8 Å². The fourth-order valence-corrected chi connectivity index (χ4v) is 7.45. The SMILES string of the molecule is CCCCCCCC[N+](CC)(CCCC[N+](CC)(CCCCCCCC)CC(O)CS(=O)(=O)[O-])CC(O)CS(=O)(=O)[O-]. The fourth-order valence-electron chi connectivity index (χ4n) is 6.30. The summed E-state index contributed by atoms with van der Waals surface area (Å²) in [5.74, 6) is -1.56. The molecule has 0 spiro atoms. The highest BCUT2D eigenvalue weighted by atomic mass is 32.2. The van der Waals surface area contributed by atoms with E-state index in [-0.39, 0.29) is 13.1 Å². The zero-order valence-corrected chi connectivity index (χ0v) is 28.8. The molecule has 0 aliphatic rings. The van der Waals surface area contributed by atoms with Crippen LogP contribution < -0.4 is 0 Å². The van der Waals surface area contributed by atoms with Crippen molar-refractivity contribution in [2.45, 2.75) is 130 Å². The third kappa shape index (κ3) is 21.4. The third-order valence-corrected chi connectivity index (χ3v) is 10.4. The molecule has 254 valence electrons. The Balaban J connectivity index is 5.46. The number of rotatable bonds is 29. The highest BCUT2D eigenvalue weighted by molar-refractivity contribution is 7.85. The number of unbranched alkanes of at least 4 members (excludes halogenated alkanes) is 11. The van der Waals surface area contributed by atoms with E-state index in [0.717, 1.165) is 90.6 Å². The van der Waals surface area contributed by atoms with Crippen molar-refractivity contribution < 1.29 is 45.1 Å². The second-order valence-corrected chi connectivity index (χ2v) is 15.5. The van der Waals surface area contributed by atoms with Crippen LogP contribution in [0.15, 0.2) is 0 Å². The van der Waals surface area contributed by atoms with Crippen LogP contribution in [0.4, 0.5) is 0 Å². The van der Waals surface area contributed by atoms with Crippen LogP contribution >= 0.6 is 0 Å². The summed E-state index contributed by atoms with van der Waals surface area (Å²) in [4.78, 5) is 0. The highest BCUT2D eigenvalue weighted by Gasteiger charge is 2.32. The number of hydrogen-bond donors (Lipinski definition) is 2. The summed E-state index contributed by atoms with van der Waals surface area (Å²) in [5.41, 5.74) is 0. The van der Waals surface area contributed by atoms with E-state index >= 15 is 0 Å². The molecule has 0 fully saturated rings. The van der Waals surface area contributed by atoms with Gasteiger partial charge in [-0.15, -0.1) is 0 Å². The van der Waals surface area contributed by atoms with E-state index in [1.165, 1.54) is 38.5 Å². The van der Waals surface area contributed by atoms with Gasteiger partial charge in [-0.3, -0.25) is 0 Å². The quantitative estimate of drug-likeness (QED) is 0.0704. The largest absolute Gasteiger partial charge is 0.748 e. The number of aliphatic hydroxyl groups excluding tert-OH is 2. The van der Waals surface area contributed by atoms with E-state index < -0.39 is 43.9 Å². The Morgan fingerprint density at radius 3 is 1.02 bits per heavy atom. The smallest absolute Gasteiger partial charge is 0.116 e. The minimum atomic E-state index is -4.53. The molecule has 42 heavy (non-hydrogen) atoms. The maximum absolute atomic E-state index is 11.3. The average molecular weight is 645 g/mol. The molecule has 10 nitrogen and oxygen atoms in total. The number of nitrogens with zero attached hydrogens (tertiary/aromatic N) is 2. The summed E-state index contributed by atoms with van der Waals surface area (Å²) >= 11 is 0. The van der Waals surface area contributed by atoms with Crippen LogP contribution in [-0.2, 0) is 20.2 Å². The molecular formula is C30H64N2O8S2. The number of hydrogen-bond acceptors (Lipinski definition) is 8. The molecule has 0 rings (SSSR count). The Kier molecular flexibility index (Phi) is 22.0. The van der Waals surface area contributed by atoms with Crippen molar-refractivity contribution in [2.75, 3.05) is 63.9 Å². The summed E-state index contributed by atoms with van der Waals surface area (Å²) < 4.78 is 69.0. The van der Waals surface area contributed by atoms with Gasteiger partial charge >= 0.3 is 0 Å². The molecule has 4 atom stereocenters. The zero-order chi connectivity index (χ0) is 32.1. The van der Waals surface area contributed by atoms with Gasteiger partial charge in [0.1, 0.15) is 25.3 Å². The summed E-state index contributed by atoms with van der Waals surface area (Å²) in [6, 6.07) is 0. The predicted molar refractivity (Wildman–Crippen MR) is 168 cm³/mol. The van der Waals surface area contributed by atoms with Crippen molar-refractivity contribution in [3.63, 3.8) is 0 Å². The lowest BCUT2D eigenvalue weighted by atomic mass is 10.1. The first-order valence-corrected chi connectivity index (χ1v) is 19.7. The summed E-state index contributed by atoms with van der Waals surface area (Å²) in [7, 11) is -9.06. The molecule has 0 aromatic carbocycles. The van der Waals surface area contributed by atoms with Gasteiger partial charge in [-0.2, -0.15) is 0 Å². The van der Waals surface area contributed by atoms with E-state index in [2.05, 4.69) is 13.8 Å². The van der Waals surface area contributed by atoms with Gasteiger partial charge in [0, 0.05) is 12.8 Å². The third-order valence-electron chi connectivity index (χ3n) is 8.82. The number of quaternary nitrogens is 2. The number of aliphatic hydroxyl groups is 2. The Bertz CT molecular complexity index is 816. The highest BCUT2D eigenvalue weighted by Crippen LogP contribution is 2.19. The van der Waals surface area contributed by atoms with Crippen LogP contribution in [0.2, 0.25) is 0 Å². The van der Waals surface area contributed by atoms with Crippen LogP contribution in [-0.4, -0.2) is 121 Å². The van der Waals surface area contributed by atoms with Crippen LogP contribution in [0.3, 0.4) is 0 Å². The van der Waals surface area contributed by atoms with E-state index in [9.17, 15) is 36.2 Å². The van der Waals surface area contributed by atoms with E-state index in [0.29, 0.717) is 8.97 Å². The molecule has 0 aliphatic heterocycles. The molecule has 0 aliphatic carbocycles. The molecule has 0 amide bonds. The van der Waals surface area contributed by atoms with Crippen LogP contribution in [0.25, 0.3) is 0 Å². The second kappa shape index (κ2) is 22.2. The van der Waals surface area contributed by atoms with E-state index in [1.807, 2.05) is 13.8 Å². The molecule has 12 heteroatoms. The number of likely N-dealkylation sites (N-methyl/N-ethyl adjacent to an activating group) is 2. The topological polar surface area (TPSA) is 155 Å². The van der Waals surface area contributed by atoms with Gasteiger partial charge in [0.25, 0.3) is 0 Å². The van der Waals surface area contributed by atoms with E-state index in [4.69, 9.17) is 0 Å². The molecule has 2 N–H and O–H groups in total. The molecule has 0 radical (unpaired) electrons. The Morgan fingerprint density at radius 1 is 0.500 bits per heavy atom. The minimum absolute atomic E-state index is 0.221. The van der Waals surface area contributed by atoms with Crippen LogP contribution in [0.5, 0.6) is 0 Å².